The summed E-state index contributed by atoms with van der Waals surface area (Å²) >= 11 is 0. The zero-order valence-corrected chi connectivity index (χ0v) is 11.8. The quantitative estimate of drug-likeness (QED) is 0.475. The maximum Gasteiger partial charge on any atom is 0.330 e. The Morgan fingerprint density at radius 3 is 2.80 bits per heavy atom. The molecule has 1 aromatic carbocycles. The number of nitrogens with one attached hydrogen (secondary N) is 1. The number of hydrogen-bond acceptors (Lipinski definition) is 6. The van der Waals surface area contributed by atoms with Gasteiger partial charge >= 0.3 is 11.9 Å². The van der Waals surface area contributed by atoms with Gasteiger partial charge in [0.2, 0.25) is 0 Å². The van der Waals surface area contributed by atoms with Crippen molar-refractivity contribution in [3.05, 3.63) is 24.3 Å². The summed E-state index contributed by atoms with van der Waals surface area (Å²) in [4.78, 5) is 23.2. The predicted molar refractivity (Wildman–Crippen MR) is 73.7 cm³/mol. The van der Waals surface area contributed by atoms with Gasteiger partial charge in [-0.05, 0) is 31.5 Å². The number of esters is 2. The van der Waals surface area contributed by atoms with Gasteiger partial charge in [0.25, 0.3) is 0 Å². The van der Waals surface area contributed by atoms with Crippen LogP contribution in [-0.2, 0) is 18.9 Å². The first-order valence-corrected chi connectivity index (χ1v) is 7.98. The number of phenols is 1. The molecule has 7 heteroatoms. The Balaban J connectivity index is 1.89. The van der Waals surface area contributed by atoms with Gasteiger partial charge in [0.1, 0.15) is 25.8 Å². The fourth-order valence-electron chi connectivity index (χ4n) is 2.04. The Hall–Kier alpha value is -1.65. The molecule has 2 rings (SSSR count). The molecule has 1 aliphatic heterocycles. The van der Waals surface area contributed by atoms with E-state index in [1.54, 1.807) is 12.1 Å². The SMILES string of the molecule is O=C(C[PH](=O)c1ccccc1O)OC(=O)[C@@H]1CCCN1. The summed E-state index contributed by atoms with van der Waals surface area (Å²) in [6, 6.07) is 5.66. The summed E-state index contributed by atoms with van der Waals surface area (Å²) in [6.45, 7) is 0.725. The van der Waals surface area contributed by atoms with Crippen molar-refractivity contribution >= 4 is 25.0 Å². The first-order valence-electron chi connectivity index (χ1n) is 6.37. The normalized spacial score (nSPS) is 19.5. The van der Waals surface area contributed by atoms with Crippen molar-refractivity contribution < 1.29 is 24.0 Å². The zero-order chi connectivity index (χ0) is 14.5. The molecule has 1 heterocycles. The molecule has 1 fully saturated rings. The van der Waals surface area contributed by atoms with Crippen molar-refractivity contribution in [3.8, 4) is 5.75 Å². The Labute approximate surface area is 116 Å². The number of ether oxygens (including phenoxy) is 1. The zero-order valence-electron chi connectivity index (χ0n) is 10.8. The number of para-hydroxylation sites is 1. The number of carbonyl (C=O) groups is 2. The molecule has 108 valence electrons. The number of phenolic OH excluding ortho intramolecular Hbond substituents is 1. The number of rotatable bonds is 4. The van der Waals surface area contributed by atoms with Gasteiger partial charge in [-0.3, -0.25) is 4.79 Å². The summed E-state index contributed by atoms with van der Waals surface area (Å²) in [7, 11) is -2.51. The van der Waals surface area contributed by atoms with Crippen LogP contribution in [0.1, 0.15) is 12.8 Å². The van der Waals surface area contributed by atoms with E-state index in [1.165, 1.54) is 12.1 Å². The molecule has 0 aliphatic carbocycles. The van der Waals surface area contributed by atoms with Crippen molar-refractivity contribution in [2.24, 2.45) is 0 Å². The van der Waals surface area contributed by atoms with Crippen molar-refractivity contribution in [2.75, 3.05) is 12.7 Å². The van der Waals surface area contributed by atoms with Crippen molar-refractivity contribution in [1.29, 1.82) is 0 Å². The number of hydrogen-bond donors (Lipinski definition) is 2. The third kappa shape index (κ3) is 3.68. The molecule has 20 heavy (non-hydrogen) atoms. The predicted octanol–water partition coefficient (Wildman–Crippen LogP) is 0.399. The highest BCUT2D eigenvalue weighted by atomic mass is 31.1. The van der Waals surface area contributed by atoms with Crippen molar-refractivity contribution in [3.63, 3.8) is 0 Å². The third-order valence-corrected chi connectivity index (χ3v) is 4.70. The van der Waals surface area contributed by atoms with E-state index in [-0.39, 0.29) is 17.2 Å². The Kier molecular flexibility index (Phi) is 4.93. The molecule has 1 aliphatic rings. The van der Waals surface area contributed by atoms with Gasteiger partial charge in [-0.15, -0.1) is 0 Å². The lowest BCUT2D eigenvalue weighted by Gasteiger charge is -2.09. The van der Waals surface area contributed by atoms with Gasteiger partial charge in [0, 0.05) is 0 Å². The highest BCUT2D eigenvalue weighted by Crippen LogP contribution is 2.25. The lowest BCUT2D eigenvalue weighted by atomic mass is 10.2. The van der Waals surface area contributed by atoms with Gasteiger partial charge in [-0.2, -0.15) is 0 Å². The van der Waals surface area contributed by atoms with E-state index >= 15 is 0 Å². The van der Waals surface area contributed by atoms with Crippen LogP contribution < -0.4 is 10.6 Å². The lowest BCUT2D eigenvalue weighted by molar-refractivity contribution is -0.159. The third-order valence-electron chi connectivity index (χ3n) is 3.07. The highest BCUT2D eigenvalue weighted by molar-refractivity contribution is 7.54. The Morgan fingerprint density at radius 1 is 1.40 bits per heavy atom. The van der Waals surface area contributed by atoms with Crippen LogP contribution in [0, 0.1) is 0 Å². The minimum absolute atomic E-state index is 0.118. The largest absolute Gasteiger partial charge is 0.507 e. The molecule has 0 bridgehead atoms. The van der Waals surface area contributed by atoms with Crippen LogP contribution in [0.2, 0.25) is 0 Å². The standard InChI is InChI=1S/C13H16NO5P/c15-10-5-1-2-6-11(10)20(18)8-12(16)19-13(17)9-4-3-7-14-9/h1-2,5-6,9,14-15,20H,3-4,7-8H2/t9-/m0/s1. The Morgan fingerprint density at radius 2 is 2.15 bits per heavy atom. The molecule has 1 saturated heterocycles. The average molecular weight is 297 g/mol. The monoisotopic (exact) mass is 297 g/mol. The van der Waals surface area contributed by atoms with Gasteiger partial charge < -0.3 is 19.7 Å². The smallest absolute Gasteiger partial charge is 0.330 e. The summed E-state index contributed by atoms with van der Waals surface area (Å²) < 4.78 is 16.6. The second-order valence-corrected chi connectivity index (χ2v) is 6.30. The molecule has 6 nitrogen and oxygen atoms in total. The molecule has 1 aromatic rings. The highest BCUT2D eigenvalue weighted by Gasteiger charge is 2.26. The van der Waals surface area contributed by atoms with E-state index < -0.39 is 25.8 Å². The molecule has 2 N–H and O–H groups in total. The minimum atomic E-state index is -2.51. The van der Waals surface area contributed by atoms with Crippen LogP contribution in [0.3, 0.4) is 0 Å². The van der Waals surface area contributed by atoms with Crippen LogP contribution in [0.4, 0.5) is 0 Å². The van der Waals surface area contributed by atoms with E-state index in [9.17, 15) is 19.3 Å². The molecular formula is C13H16NO5P. The van der Waals surface area contributed by atoms with E-state index in [4.69, 9.17) is 0 Å². The molecule has 0 saturated carbocycles. The topological polar surface area (TPSA) is 92.7 Å². The summed E-state index contributed by atoms with van der Waals surface area (Å²) in [5.41, 5.74) is 0. The lowest BCUT2D eigenvalue weighted by Crippen LogP contribution is -2.34. The van der Waals surface area contributed by atoms with Gasteiger partial charge in [0.05, 0.1) is 5.30 Å². The van der Waals surface area contributed by atoms with Gasteiger partial charge in [-0.1, -0.05) is 12.1 Å². The maximum absolute atomic E-state index is 12.0. The number of carbonyl (C=O) groups excluding carboxylic acids is 2. The first-order chi connectivity index (χ1) is 9.58. The van der Waals surface area contributed by atoms with E-state index in [2.05, 4.69) is 10.1 Å². The van der Waals surface area contributed by atoms with Crippen molar-refractivity contribution in [2.45, 2.75) is 18.9 Å². The summed E-state index contributed by atoms with van der Waals surface area (Å²) in [6.07, 6.45) is 1.11. The molecule has 0 amide bonds. The van der Waals surface area contributed by atoms with Crippen LogP contribution in [0.15, 0.2) is 24.3 Å². The van der Waals surface area contributed by atoms with Crippen LogP contribution in [-0.4, -0.2) is 35.8 Å². The molecule has 0 radical (unpaired) electrons. The summed E-state index contributed by atoms with van der Waals surface area (Å²) in [5, 5.41) is 12.7. The van der Waals surface area contributed by atoms with Crippen LogP contribution in [0.25, 0.3) is 0 Å². The van der Waals surface area contributed by atoms with Gasteiger partial charge in [-0.25, -0.2) is 4.79 Å². The van der Waals surface area contributed by atoms with Gasteiger partial charge in [0.15, 0.2) is 0 Å². The number of aromatic hydroxyl groups is 1. The second kappa shape index (κ2) is 6.68. The van der Waals surface area contributed by atoms with Crippen molar-refractivity contribution in [1.82, 2.24) is 5.32 Å². The first kappa shape index (κ1) is 14.8. The van der Waals surface area contributed by atoms with Crippen LogP contribution in [0.5, 0.6) is 5.75 Å². The Bertz CT molecular complexity index is 539. The van der Waals surface area contributed by atoms with E-state index in [1.807, 2.05) is 0 Å². The summed E-state index contributed by atoms with van der Waals surface area (Å²) in [5.74, 6) is -1.57. The molecular weight excluding hydrogens is 281 g/mol. The molecule has 0 spiro atoms. The minimum Gasteiger partial charge on any atom is -0.507 e. The fourth-order valence-corrected chi connectivity index (χ4v) is 3.22. The second-order valence-electron chi connectivity index (χ2n) is 4.56. The molecule has 0 aromatic heterocycles. The average Bonchev–Trinajstić information content (AvgIpc) is 2.92. The molecule has 2 atom stereocenters. The molecule has 1 unspecified atom stereocenters. The number of benzene rings is 1. The van der Waals surface area contributed by atoms with Crippen LogP contribution >= 0.6 is 7.80 Å². The van der Waals surface area contributed by atoms with E-state index in [0.717, 1.165) is 13.0 Å². The maximum atomic E-state index is 12.0. The fraction of sp³-hybridized carbons (Fsp3) is 0.385. The van der Waals surface area contributed by atoms with E-state index in [0.29, 0.717) is 6.42 Å².